The van der Waals surface area contributed by atoms with Crippen LogP contribution in [0.2, 0.25) is 0 Å². The van der Waals surface area contributed by atoms with Crippen LogP contribution in [-0.2, 0) is 9.53 Å². The smallest absolute Gasteiger partial charge is 0.149 e. The minimum atomic E-state index is 0.230. The van der Waals surface area contributed by atoms with Gasteiger partial charge >= 0.3 is 0 Å². The van der Waals surface area contributed by atoms with Crippen LogP contribution in [0.15, 0.2) is 0 Å². The highest BCUT2D eigenvalue weighted by Crippen LogP contribution is 2.20. The van der Waals surface area contributed by atoms with Crippen molar-refractivity contribution < 1.29 is 9.53 Å². The van der Waals surface area contributed by atoms with Gasteiger partial charge in [0.25, 0.3) is 0 Å². The first kappa shape index (κ1) is 8.20. The Morgan fingerprint density at radius 3 is 2.67 bits per heavy atom. The summed E-state index contributed by atoms with van der Waals surface area (Å²) in [6, 6.07) is 0.230. The molecule has 2 rings (SSSR count). The van der Waals surface area contributed by atoms with Crippen molar-refractivity contribution in [2.24, 2.45) is 0 Å². The van der Waals surface area contributed by atoms with Gasteiger partial charge in [0.05, 0.1) is 19.3 Å². The molecule has 12 heavy (non-hydrogen) atoms. The van der Waals surface area contributed by atoms with E-state index in [1.165, 1.54) is 0 Å². The number of ether oxygens (including phenoxy) is 1. The number of rotatable bonds is 1. The van der Waals surface area contributed by atoms with Gasteiger partial charge in [-0.25, -0.2) is 0 Å². The molecular weight excluding hydrogens is 154 g/mol. The van der Waals surface area contributed by atoms with Crippen LogP contribution in [0.4, 0.5) is 0 Å². The van der Waals surface area contributed by atoms with E-state index < -0.39 is 0 Å². The van der Waals surface area contributed by atoms with Crippen LogP contribution in [0.3, 0.4) is 0 Å². The first-order valence-electron chi connectivity index (χ1n) is 4.72. The zero-order valence-corrected chi connectivity index (χ0v) is 7.29. The monoisotopic (exact) mass is 169 g/mol. The van der Waals surface area contributed by atoms with E-state index in [0.717, 1.165) is 45.6 Å². The van der Waals surface area contributed by atoms with Crippen LogP contribution >= 0.6 is 0 Å². The van der Waals surface area contributed by atoms with E-state index in [-0.39, 0.29) is 6.04 Å². The Morgan fingerprint density at radius 1 is 1.33 bits per heavy atom. The number of hydrogen-bond donors (Lipinski definition) is 0. The van der Waals surface area contributed by atoms with Crippen LogP contribution in [0.5, 0.6) is 0 Å². The summed E-state index contributed by atoms with van der Waals surface area (Å²) in [4.78, 5) is 13.7. The molecule has 1 aliphatic heterocycles. The molecule has 1 atom stereocenters. The number of carbonyl (C=O) groups excluding carboxylic acids is 1. The third kappa shape index (κ3) is 1.52. The Bertz CT molecular complexity index is 175. The van der Waals surface area contributed by atoms with Crippen molar-refractivity contribution >= 4 is 5.78 Å². The van der Waals surface area contributed by atoms with Gasteiger partial charge in [-0.1, -0.05) is 0 Å². The van der Waals surface area contributed by atoms with Crippen LogP contribution in [0, 0.1) is 0 Å². The lowest BCUT2D eigenvalue weighted by Crippen LogP contribution is -2.45. The Kier molecular flexibility index (Phi) is 2.42. The minimum absolute atomic E-state index is 0.230. The van der Waals surface area contributed by atoms with Crippen molar-refractivity contribution in [3.8, 4) is 0 Å². The maximum absolute atomic E-state index is 11.4. The molecule has 0 aromatic carbocycles. The highest BCUT2D eigenvalue weighted by molar-refractivity contribution is 5.85. The molecule has 3 nitrogen and oxygen atoms in total. The number of nitrogens with zero attached hydrogens (tertiary/aromatic N) is 1. The molecule has 0 aromatic rings. The number of hydrogen-bond acceptors (Lipinski definition) is 3. The first-order chi connectivity index (χ1) is 5.88. The molecule has 0 bridgehead atoms. The average Bonchev–Trinajstić information content (AvgIpc) is 2.53. The summed E-state index contributed by atoms with van der Waals surface area (Å²) in [5.41, 5.74) is 0. The van der Waals surface area contributed by atoms with Gasteiger partial charge in [-0.05, 0) is 12.8 Å². The first-order valence-corrected chi connectivity index (χ1v) is 4.72. The van der Waals surface area contributed by atoms with E-state index in [9.17, 15) is 4.79 Å². The number of ketones is 1. The second-order valence-corrected chi connectivity index (χ2v) is 3.52. The van der Waals surface area contributed by atoms with Crippen molar-refractivity contribution in [2.45, 2.75) is 25.3 Å². The second-order valence-electron chi connectivity index (χ2n) is 3.52. The second kappa shape index (κ2) is 3.54. The summed E-state index contributed by atoms with van der Waals surface area (Å²) in [5, 5.41) is 0. The van der Waals surface area contributed by atoms with Gasteiger partial charge in [0.1, 0.15) is 5.78 Å². The molecule has 1 saturated carbocycles. The quantitative estimate of drug-likeness (QED) is 0.570. The van der Waals surface area contributed by atoms with Crippen LogP contribution in [0.25, 0.3) is 0 Å². The van der Waals surface area contributed by atoms with Gasteiger partial charge in [-0.2, -0.15) is 0 Å². The van der Waals surface area contributed by atoms with Crippen molar-refractivity contribution in [1.29, 1.82) is 0 Å². The Labute approximate surface area is 72.7 Å². The largest absolute Gasteiger partial charge is 0.379 e. The Morgan fingerprint density at radius 2 is 2.08 bits per heavy atom. The van der Waals surface area contributed by atoms with Gasteiger partial charge in [0, 0.05) is 19.5 Å². The lowest BCUT2D eigenvalue weighted by molar-refractivity contribution is -0.123. The van der Waals surface area contributed by atoms with E-state index in [2.05, 4.69) is 4.90 Å². The number of morpholine rings is 1. The van der Waals surface area contributed by atoms with Gasteiger partial charge in [0.2, 0.25) is 0 Å². The summed E-state index contributed by atoms with van der Waals surface area (Å²) in [7, 11) is 0. The molecule has 0 amide bonds. The molecule has 1 heterocycles. The molecule has 68 valence electrons. The molecule has 0 aromatic heterocycles. The molecule has 0 N–H and O–H groups in total. The Balaban J connectivity index is 1.93. The third-order valence-corrected chi connectivity index (χ3v) is 2.76. The van der Waals surface area contributed by atoms with Gasteiger partial charge in [-0.3, -0.25) is 9.69 Å². The van der Waals surface area contributed by atoms with Crippen molar-refractivity contribution in [2.75, 3.05) is 26.3 Å². The molecule has 1 saturated heterocycles. The van der Waals surface area contributed by atoms with E-state index in [4.69, 9.17) is 4.74 Å². The van der Waals surface area contributed by atoms with Gasteiger partial charge in [0.15, 0.2) is 0 Å². The topological polar surface area (TPSA) is 29.5 Å². The summed E-state index contributed by atoms with van der Waals surface area (Å²) in [5.74, 6) is 0.442. The zero-order valence-electron chi connectivity index (χ0n) is 7.29. The summed E-state index contributed by atoms with van der Waals surface area (Å²) < 4.78 is 5.24. The van der Waals surface area contributed by atoms with E-state index in [1.54, 1.807) is 0 Å². The highest BCUT2D eigenvalue weighted by Gasteiger charge is 2.30. The molecule has 2 fully saturated rings. The predicted molar refractivity (Wildman–Crippen MR) is 45.0 cm³/mol. The Hall–Kier alpha value is -0.410. The summed E-state index contributed by atoms with van der Waals surface area (Å²) in [6.07, 6.45) is 2.95. The van der Waals surface area contributed by atoms with Crippen molar-refractivity contribution in [3.63, 3.8) is 0 Å². The van der Waals surface area contributed by atoms with Gasteiger partial charge < -0.3 is 4.74 Å². The molecule has 1 aliphatic carbocycles. The van der Waals surface area contributed by atoms with E-state index >= 15 is 0 Å². The SMILES string of the molecule is O=C1CCCC1N1CCOCC1. The van der Waals surface area contributed by atoms with Crippen molar-refractivity contribution in [1.82, 2.24) is 4.90 Å². The number of carbonyl (C=O) groups is 1. The third-order valence-electron chi connectivity index (χ3n) is 2.76. The fourth-order valence-corrected chi connectivity index (χ4v) is 2.07. The lowest BCUT2D eigenvalue weighted by atomic mass is 10.2. The maximum Gasteiger partial charge on any atom is 0.149 e. The highest BCUT2D eigenvalue weighted by atomic mass is 16.5. The minimum Gasteiger partial charge on any atom is -0.379 e. The van der Waals surface area contributed by atoms with Crippen LogP contribution in [-0.4, -0.2) is 43.0 Å². The zero-order chi connectivity index (χ0) is 8.39. The average molecular weight is 169 g/mol. The molecule has 3 heteroatoms. The molecule has 2 aliphatic rings. The standard InChI is InChI=1S/C9H15NO2/c11-9-3-1-2-8(9)10-4-6-12-7-5-10/h8H,1-7H2. The van der Waals surface area contributed by atoms with E-state index in [0.29, 0.717) is 5.78 Å². The van der Waals surface area contributed by atoms with Crippen LogP contribution < -0.4 is 0 Å². The molecule has 1 unspecified atom stereocenters. The fourth-order valence-electron chi connectivity index (χ4n) is 2.07. The molecule has 0 spiro atoms. The molecule has 0 radical (unpaired) electrons. The number of Topliss-reactive ketones (excluding diaryl/α,β-unsaturated/α-hetero) is 1. The summed E-state index contributed by atoms with van der Waals surface area (Å²) in [6.45, 7) is 3.47. The van der Waals surface area contributed by atoms with Gasteiger partial charge in [-0.15, -0.1) is 0 Å². The van der Waals surface area contributed by atoms with Crippen molar-refractivity contribution in [3.05, 3.63) is 0 Å². The molecular formula is C9H15NO2. The fraction of sp³-hybridized carbons (Fsp3) is 0.889. The lowest BCUT2D eigenvalue weighted by Gasteiger charge is -2.30. The normalized spacial score (nSPS) is 32.7. The maximum atomic E-state index is 11.4. The summed E-state index contributed by atoms with van der Waals surface area (Å²) >= 11 is 0. The van der Waals surface area contributed by atoms with E-state index in [1.807, 2.05) is 0 Å². The van der Waals surface area contributed by atoms with Crippen LogP contribution in [0.1, 0.15) is 19.3 Å². The predicted octanol–water partition coefficient (Wildman–Crippen LogP) is 0.440.